The van der Waals surface area contributed by atoms with Gasteiger partial charge in [0.15, 0.2) is 0 Å². The van der Waals surface area contributed by atoms with Gasteiger partial charge in [-0.2, -0.15) is 8.78 Å². The van der Waals surface area contributed by atoms with Gasteiger partial charge in [0.05, 0.1) is 0 Å². The molecule has 1 aliphatic rings. The van der Waals surface area contributed by atoms with Crippen LogP contribution in [0.4, 0.5) is 8.78 Å². The first-order valence-corrected chi connectivity index (χ1v) is 11.1. The molecule has 6 heteroatoms. The van der Waals surface area contributed by atoms with Crippen molar-refractivity contribution in [2.24, 2.45) is 5.92 Å². The summed E-state index contributed by atoms with van der Waals surface area (Å²) in [4.78, 5) is 25.2. The van der Waals surface area contributed by atoms with Gasteiger partial charge in [-0.15, -0.1) is 0 Å². The SMILES string of the molecule is CCCC(C)(C)c1ccc(=O)n(CC2CC2c2cc(C(C)(C)C)cn(C(F)F)c2=O)c1. The largest absolute Gasteiger partial charge is 0.321 e. The molecule has 170 valence electrons. The minimum absolute atomic E-state index is 0.0286. The molecule has 0 aromatic carbocycles. The maximum Gasteiger partial charge on any atom is 0.321 e. The van der Waals surface area contributed by atoms with Crippen LogP contribution in [0.15, 0.2) is 40.2 Å². The summed E-state index contributed by atoms with van der Waals surface area (Å²) < 4.78 is 29.3. The van der Waals surface area contributed by atoms with Gasteiger partial charge in [0.25, 0.3) is 11.1 Å². The molecule has 0 bridgehead atoms. The highest BCUT2D eigenvalue weighted by Crippen LogP contribution is 2.48. The molecule has 0 N–H and O–H groups in total. The second-order valence-corrected chi connectivity index (χ2v) is 10.6. The fourth-order valence-electron chi connectivity index (χ4n) is 4.37. The lowest BCUT2D eigenvalue weighted by molar-refractivity contribution is 0.0655. The fraction of sp³-hybridized carbons (Fsp3) is 0.600. The summed E-state index contributed by atoms with van der Waals surface area (Å²) in [5, 5.41) is 0. The van der Waals surface area contributed by atoms with Crippen molar-refractivity contribution in [3.05, 3.63) is 68.0 Å². The summed E-state index contributed by atoms with van der Waals surface area (Å²) in [7, 11) is 0. The third-order valence-electron chi connectivity index (χ3n) is 6.54. The van der Waals surface area contributed by atoms with Crippen LogP contribution in [0, 0.1) is 5.92 Å². The normalized spacial score (nSPS) is 19.1. The van der Waals surface area contributed by atoms with Gasteiger partial charge in [-0.05, 0) is 52.7 Å². The number of alkyl halides is 2. The smallest absolute Gasteiger partial charge is 0.315 e. The molecule has 0 amide bonds. The molecule has 2 heterocycles. The maximum atomic E-state index is 13.5. The van der Waals surface area contributed by atoms with Gasteiger partial charge in [-0.3, -0.25) is 14.2 Å². The van der Waals surface area contributed by atoms with E-state index in [1.165, 1.54) is 6.20 Å². The molecule has 3 rings (SSSR count). The van der Waals surface area contributed by atoms with Crippen molar-refractivity contribution in [3.8, 4) is 0 Å². The first-order chi connectivity index (χ1) is 14.3. The average Bonchev–Trinajstić information content (AvgIpc) is 3.41. The van der Waals surface area contributed by atoms with Gasteiger partial charge in [0.2, 0.25) is 0 Å². The Labute approximate surface area is 182 Å². The van der Waals surface area contributed by atoms with Gasteiger partial charge >= 0.3 is 6.55 Å². The highest BCUT2D eigenvalue weighted by atomic mass is 19.3. The van der Waals surface area contributed by atoms with Crippen LogP contribution < -0.4 is 11.1 Å². The van der Waals surface area contributed by atoms with E-state index in [0.29, 0.717) is 22.2 Å². The summed E-state index contributed by atoms with van der Waals surface area (Å²) in [6.45, 7) is 9.94. The van der Waals surface area contributed by atoms with Crippen LogP contribution in [0.3, 0.4) is 0 Å². The van der Waals surface area contributed by atoms with Crippen LogP contribution in [0.1, 0.15) is 90.0 Å². The summed E-state index contributed by atoms with van der Waals surface area (Å²) in [5.41, 5.74) is 1.19. The Morgan fingerprint density at radius 3 is 2.32 bits per heavy atom. The molecule has 2 atom stereocenters. The molecular weight excluding hydrogens is 398 g/mol. The average molecular weight is 433 g/mol. The van der Waals surface area contributed by atoms with Gasteiger partial charge in [-0.1, -0.05) is 54.0 Å². The third kappa shape index (κ3) is 4.99. The lowest BCUT2D eigenvalue weighted by Gasteiger charge is -2.25. The molecule has 1 saturated carbocycles. The molecule has 2 aromatic heterocycles. The van der Waals surface area contributed by atoms with E-state index >= 15 is 0 Å². The zero-order valence-electron chi connectivity index (χ0n) is 19.4. The van der Waals surface area contributed by atoms with Gasteiger partial charge in [0.1, 0.15) is 0 Å². The Morgan fingerprint density at radius 2 is 1.74 bits per heavy atom. The molecular formula is C25H34F2N2O2. The quantitative estimate of drug-likeness (QED) is 0.573. The minimum Gasteiger partial charge on any atom is -0.315 e. The van der Waals surface area contributed by atoms with Gasteiger partial charge in [0, 0.05) is 30.6 Å². The first kappa shape index (κ1) is 23.4. The number of nitrogens with zero attached hydrogens (tertiary/aromatic N) is 2. The second-order valence-electron chi connectivity index (χ2n) is 10.6. The van der Waals surface area contributed by atoms with E-state index in [2.05, 4.69) is 20.8 Å². The van der Waals surface area contributed by atoms with E-state index < -0.39 is 12.1 Å². The topological polar surface area (TPSA) is 44.0 Å². The van der Waals surface area contributed by atoms with Crippen LogP contribution in [0.5, 0.6) is 0 Å². The monoisotopic (exact) mass is 432 g/mol. The van der Waals surface area contributed by atoms with E-state index in [0.717, 1.165) is 24.8 Å². The number of rotatable bonds is 7. The Balaban J connectivity index is 1.89. The predicted molar refractivity (Wildman–Crippen MR) is 120 cm³/mol. The van der Waals surface area contributed by atoms with Crippen LogP contribution >= 0.6 is 0 Å². The lowest BCUT2D eigenvalue weighted by Crippen LogP contribution is -2.28. The summed E-state index contributed by atoms with van der Waals surface area (Å²) in [6, 6.07) is 5.29. The van der Waals surface area contributed by atoms with Crippen LogP contribution in [0.25, 0.3) is 0 Å². The van der Waals surface area contributed by atoms with Crippen molar-refractivity contribution in [2.75, 3.05) is 0 Å². The maximum absolute atomic E-state index is 13.5. The van der Waals surface area contributed by atoms with E-state index in [4.69, 9.17) is 0 Å². The predicted octanol–water partition coefficient (Wildman–Crippen LogP) is 5.58. The van der Waals surface area contributed by atoms with E-state index in [9.17, 15) is 18.4 Å². The van der Waals surface area contributed by atoms with E-state index in [1.54, 1.807) is 16.7 Å². The molecule has 1 aliphatic carbocycles. The highest BCUT2D eigenvalue weighted by Gasteiger charge is 2.41. The standard InChI is InChI=1S/C25H34F2N2O2/c1-7-10-25(5,6)17-8-9-21(30)28(14-17)13-16-11-19(16)20-12-18(24(2,3)4)15-29(22(20)31)23(26)27/h8-9,12,14-16,19,23H,7,10-11,13H2,1-6H3. The van der Waals surface area contributed by atoms with Crippen LogP contribution in [-0.4, -0.2) is 9.13 Å². The molecule has 2 unspecified atom stereocenters. The summed E-state index contributed by atoms with van der Waals surface area (Å²) in [6.07, 6.45) is 6.00. The Hall–Kier alpha value is -2.24. The van der Waals surface area contributed by atoms with Gasteiger partial charge in [-0.25, -0.2) is 0 Å². The first-order valence-electron chi connectivity index (χ1n) is 11.1. The molecule has 31 heavy (non-hydrogen) atoms. The van der Waals surface area contributed by atoms with Crippen molar-refractivity contribution in [3.63, 3.8) is 0 Å². The fourth-order valence-corrected chi connectivity index (χ4v) is 4.37. The minimum atomic E-state index is -2.87. The summed E-state index contributed by atoms with van der Waals surface area (Å²) in [5.74, 6) is -0.00436. The number of pyridine rings is 2. The zero-order valence-corrected chi connectivity index (χ0v) is 19.4. The lowest BCUT2D eigenvalue weighted by atomic mass is 9.81. The number of aromatic nitrogens is 2. The molecule has 4 nitrogen and oxygen atoms in total. The number of hydrogen-bond donors (Lipinski definition) is 0. The van der Waals surface area contributed by atoms with Crippen molar-refractivity contribution in [1.29, 1.82) is 0 Å². The molecule has 0 saturated heterocycles. The number of hydrogen-bond acceptors (Lipinski definition) is 2. The Kier molecular flexibility index (Phi) is 6.32. The van der Waals surface area contributed by atoms with Crippen molar-refractivity contribution in [1.82, 2.24) is 9.13 Å². The molecule has 1 fully saturated rings. The zero-order chi connectivity index (χ0) is 23.1. The van der Waals surface area contributed by atoms with Crippen molar-refractivity contribution >= 4 is 0 Å². The molecule has 0 radical (unpaired) electrons. The second kappa shape index (κ2) is 8.36. The molecule has 0 spiro atoms. The molecule has 0 aliphatic heterocycles. The Morgan fingerprint density at radius 1 is 1.06 bits per heavy atom. The van der Waals surface area contributed by atoms with E-state index in [1.807, 2.05) is 33.0 Å². The van der Waals surface area contributed by atoms with Gasteiger partial charge < -0.3 is 4.57 Å². The van der Waals surface area contributed by atoms with Crippen molar-refractivity contribution in [2.45, 2.75) is 90.6 Å². The summed E-state index contributed by atoms with van der Waals surface area (Å²) >= 11 is 0. The third-order valence-corrected chi connectivity index (χ3v) is 6.54. The van der Waals surface area contributed by atoms with Crippen LogP contribution in [0.2, 0.25) is 0 Å². The Bertz CT molecular complexity index is 1060. The number of halogens is 2. The molecule has 2 aromatic rings. The van der Waals surface area contributed by atoms with E-state index in [-0.39, 0.29) is 28.2 Å². The van der Waals surface area contributed by atoms with Crippen LogP contribution in [-0.2, 0) is 17.4 Å². The van der Waals surface area contributed by atoms with Crippen molar-refractivity contribution < 1.29 is 8.78 Å². The highest BCUT2D eigenvalue weighted by molar-refractivity contribution is 5.31.